The molecule has 0 radical (unpaired) electrons. The molecule has 0 spiro atoms. The zero-order valence-corrected chi connectivity index (χ0v) is 27.0. The van der Waals surface area contributed by atoms with Crippen LogP contribution < -0.4 is 5.73 Å². The molecule has 5 rings (SSSR count). The third-order valence-electron chi connectivity index (χ3n) is 9.25. The van der Waals surface area contributed by atoms with Gasteiger partial charge in [-0.2, -0.15) is 0 Å². The van der Waals surface area contributed by atoms with Gasteiger partial charge < -0.3 is 30.2 Å². The van der Waals surface area contributed by atoms with Crippen LogP contribution in [0.1, 0.15) is 36.0 Å². The van der Waals surface area contributed by atoms with Crippen molar-refractivity contribution in [2.45, 2.75) is 87.6 Å². The highest BCUT2D eigenvalue weighted by molar-refractivity contribution is 5.68. The van der Waals surface area contributed by atoms with Gasteiger partial charge in [0, 0.05) is 34.4 Å². The first-order chi connectivity index (χ1) is 23.9. The van der Waals surface area contributed by atoms with Gasteiger partial charge in [-0.1, -0.05) is 101 Å². The highest BCUT2D eigenvalue weighted by atomic mass is 16.6. The van der Waals surface area contributed by atoms with Gasteiger partial charge in [-0.25, -0.2) is 4.79 Å². The molecule has 14 nitrogen and oxygen atoms in total. The molecule has 4 N–H and O–H groups in total. The lowest BCUT2D eigenvalue weighted by Gasteiger charge is -2.49. The van der Waals surface area contributed by atoms with Crippen LogP contribution in [0.5, 0.6) is 0 Å². The molecule has 9 atom stereocenters. The lowest BCUT2D eigenvalue weighted by molar-refractivity contribution is -0.170. The van der Waals surface area contributed by atoms with Crippen LogP contribution in [0.3, 0.4) is 0 Å². The first-order valence-corrected chi connectivity index (χ1v) is 16.4. The Kier molecular flexibility index (Phi) is 12.8. The second-order valence-corrected chi connectivity index (χ2v) is 12.4. The lowest BCUT2D eigenvalue weighted by Crippen LogP contribution is -2.63. The summed E-state index contributed by atoms with van der Waals surface area (Å²) < 4.78 is 18.8. The maximum Gasteiger partial charge on any atom is 0.410 e. The molecule has 2 fully saturated rings. The predicted molar refractivity (Wildman–Crippen MR) is 180 cm³/mol. The largest absolute Gasteiger partial charge is 0.445 e. The number of carbonyl (C=O) groups is 1. The molecule has 2 aliphatic rings. The van der Waals surface area contributed by atoms with Crippen LogP contribution in [0, 0.1) is 5.92 Å². The van der Waals surface area contributed by atoms with Crippen molar-refractivity contribution in [2.75, 3.05) is 6.61 Å². The number of aliphatic hydroxyl groups is 2. The maximum absolute atomic E-state index is 14.0. The van der Waals surface area contributed by atoms with E-state index in [4.69, 9.17) is 25.5 Å². The van der Waals surface area contributed by atoms with Crippen molar-refractivity contribution < 1.29 is 29.2 Å². The van der Waals surface area contributed by atoms with E-state index in [1.165, 1.54) is 0 Å². The van der Waals surface area contributed by atoms with Crippen molar-refractivity contribution in [2.24, 2.45) is 21.9 Å². The van der Waals surface area contributed by atoms with E-state index in [1.54, 1.807) is 4.90 Å². The molecule has 0 bridgehead atoms. The average molecular weight is 671 g/mol. The van der Waals surface area contributed by atoms with E-state index in [9.17, 15) is 20.5 Å². The fraction of sp³-hybridized carbons (Fsp3) is 0.457. The molecular weight excluding hydrogens is 628 g/mol. The van der Waals surface area contributed by atoms with E-state index < -0.39 is 60.6 Å². The fourth-order valence-electron chi connectivity index (χ4n) is 6.73. The molecule has 1 aliphatic heterocycles. The predicted octanol–water partition coefficient (Wildman–Crippen LogP) is 5.39. The number of hydrogen-bond donors (Lipinski definition) is 3. The standard InChI is InChI=1S/C35H42N8O6/c36-26-16-17-30(49-34(26)31-27(39-41-37)18-28(40-42-38)32(44)33(31)45)29(22-47-20-24-12-6-2-7-13-24)43(19-23-10-4-1-5-11-23)35(46)48-21-25-14-8-3-9-15-25/h1-15,26-34,44-45H,16-22,36H2/t26-,27?,28?,29-,30+,31-,32+,33+,34?/m1/s1. The number of carbonyl (C=O) groups excluding carboxylic acids is 1. The number of benzene rings is 3. The summed E-state index contributed by atoms with van der Waals surface area (Å²) in [6.45, 7) is 0.639. The Bertz CT molecular complexity index is 1570. The lowest BCUT2D eigenvalue weighted by atomic mass is 9.72. The summed E-state index contributed by atoms with van der Waals surface area (Å²) >= 11 is 0. The summed E-state index contributed by atoms with van der Waals surface area (Å²) in [5, 5.41) is 29.7. The Morgan fingerprint density at radius 2 is 1.43 bits per heavy atom. The summed E-state index contributed by atoms with van der Waals surface area (Å²) in [4.78, 5) is 21.4. The van der Waals surface area contributed by atoms with Gasteiger partial charge >= 0.3 is 6.09 Å². The second kappa shape index (κ2) is 17.7. The Morgan fingerprint density at radius 3 is 2.04 bits per heavy atom. The molecule has 1 saturated heterocycles. The molecule has 3 unspecified atom stereocenters. The Morgan fingerprint density at radius 1 is 0.857 bits per heavy atom. The summed E-state index contributed by atoms with van der Waals surface area (Å²) in [7, 11) is 0. The summed E-state index contributed by atoms with van der Waals surface area (Å²) in [6, 6.07) is 25.5. The molecular formula is C35H42N8O6. The van der Waals surface area contributed by atoms with Crippen LogP contribution in [-0.2, 0) is 34.0 Å². The van der Waals surface area contributed by atoms with Crippen molar-refractivity contribution in [1.29, 1.82) is 0 Å². The van der Waals surface area contributed by atoms with Crippen LogP contribution in [0.4, 0.5) is 4.79 Å². The maximum atomic E-state index is 14.0. The van der Waals surface area contributed by atoms with Gasteiger partial charge in [-0.15, -0.1) is 0 Å². The molecule has 258 valence electrons. The van der Waals surface area contributed by atoms with Gasteiger partial charge in [0.25, 0.3) is 0 Å². The number of aliphatic hydroxyl groups excluding tert-OH is 2. The first-order valence-electron chi connectivity index (χ1n) is 16.4. The normalized spacial score (nSPS) is 27.2. The molecule has 1 saturated carbocycles. The van der Waals surface area contributed by atoms with Crippen LogP contribution >= 0.6 is 0 Å². The van der Waals surface area contributed by atoms with E-state index in [-0.39, 0.29) is 26.2 Å². The minimum Gasteiger partial charge on any atom is -0.445 e. The number of nitrogens with two attached hydrogens (primary N) is 1. The topological polar surface area (TPSA) is 212 Å². The molecule has 3 aromatic rings. The number of amides is 1. The van der Waals surface area contributed by atoms with Gasteiger partial charge in [-0.05, 0) is 47.0 Å². The zero-order chi connectivity index (χ0) is 34.6. The van der Waals surface area contributed by atoms with Crippen molar-refractivity contribution in [3.63, 3.8) is 0 Å². The van der Waals surface area contributed by atoms with Crippen LogP contribution in [0.25, 0.3) is 20.9 Å². The Balaban J connectivity index is 1.45. The zero-order valence-electron chi connectivity index (χ0n) is 27.0. The van der Waals surface area contributed by atoms with Gasteiger partial charge in [0.05, 0.1) is 49.7 Å². The number of azide groups is 2. The van der Waals surface area contributed by atoms with E-state index in [0.29, 0.717) is 19.4 Å². The van der Waals surface area contributed by atoms with E-state index in [2.05, 4.69) is 20.1 Å². The fourth-order valence-corrected chi connectivity index (χ4v) is 6.73. The average Bonchev–Trinajstić information content (AvgIpc) is 3.13. The van der Waals surface area contributed by atoms with Crippen LogP contribution in [0.2, 0.25) is 0 Å². The van der Waals surface area contributed by atoms with Gasteiger partial charge in [-0.3, -0.25) is 4.90 Å². The molecule has 1 aliphatic carbocycles. The third kappa shape index (κ3) is 9.28. The van der Waals surface area contributed by atoms with Crippen molar-refractivity contribution in [3.05, 3.63) is 129 Å². The Labute approximate surface area is 284 Å². The van der Waals surface area contributed by atoms with Gasteiger partial charge in [0.2, 0.25) is 0 Å². The van der Waals surface area contributed by atoms with E-state index in [1.807, 2.05) is 91.0 Å². The second-order valence-electron chi connectivity index (χ2n) is 12.4. The molecule has 1 amide bonds. The highest BCUT2D eigenvalue weighted by Gasteiger charge is 2.51. The number of ether oxygens (including phenoxy) is 3. The molecule has 3 aromatic carbocycles. The third-order valence-corrected chi connectivity index (χ3v) is 9.25. The molecule has 0 aromatic heterocycles. The minimum atomic E-state index is -1.46. The summed E-state index contributed by atoms with van der Waals surface area (Å²) in [5.74, 6) is -0.910. The molecule has 1 heterocycles. The van der Waals surface area contributed by atoms with Crippen molar-refractivity contribution in [1.82, 2.24) is 4.90 Å². The number of nitrogens with zero attached hydrogens (tertiary/aromatic N) is 7. The summed E-state index contributed by atoms with van der Waals surface area (Å²) in [5.41, 5.74) is 27.6. The summed E-state index contributed by atoms with van der Waals surface area (Å²) in [6.07, 6.45) is -4.05. The minimum absolute atomic E-state index is 0.00379. The highest BCUT2D eigenvalue weighted by Crippen LogP contribution is 2.38. The number of rotatable bonds is 13. The van der Waals surface area contributed by atoms with Crippen molar-refractivity contribution >= 4 is 6.09 Å². The first kappa shape index (κ1) is 35.7. The van der Waals surface area contributed by atoms with Crippen LogP contribution in [-0.4, -0.2) is 76.4 Å². The Hall–Kier alpha value is -4.65. The van der Waals surface area contributed by atoms with Gasteiger partial charge in [0.1, 0.15) is 6.61 Å². The number of hydrogen-bond acceptors (Lipinski definition) is 9. The van der Waals surface area contributed by atoms with E-state index in [0.717, 1.165) is 16.7 Å². The quantitative estimate of drug-likeness (QED) is 0.122. The van der Waals surface area contributed by atoms with E-state index >= 15 is 0 Å². The van der Waals surface area contributed by atoms with Gasteiger partial charge in [0.15, 0.2) is 0 Å². The smallest absolute Gasteiger partial charge is 0.410 e. The SMILES string of the molecule is [N-]=[N+]=NC1CC(N=[N+]=[N-])[C@H](O)[C@@H](O)[C@@H]1C1O[C@H]([C@@H](COCc2ccccc2)N(Cc2ccccc2)C(=O)OCc2ccccc2)CC[C@H]1N. The molecule has 49 heavy (non-hydrogen) atoms. The molecule has 14 heteroatoms. The van der Waals surface area contributed by atoms with Crippen molar-refractivity contribution in [3.8, 4) is 0 Å². The van der Waals surface area contributed by atoms with Crippen LogP contribution in [0.15, 0.2) is 101 Å². The monoisotopic (exact) mass is 670 g/mol.